The summed E-state index contributed by atoms with van der Waals surface area (Å²) in [6.45, 7) is 0. The summed E-state index contributed by atoms with van der Waals surface area (Å²) in [7, 11) is 0. The summed E-state index contributed by atoms with van der Waals surface area (Å²) in [5, 5.41) is 42.8. The molecular formula is C34H20N10S2. The van der Waals surface area contributed by atoms with Crippen molar-refractivity contribution in [1.29, 1.82) is 21.0 Å². The molecule has 0 saturated carbocycles. The maximum Gasteiger partial charge on any atom is 0.143 e. The molecule has 0 fully saturated rings. The number of anilines is 2. The number of para-hydroxylation sites is 2. The summed E-state index contributed by atoms with van der Waals surface area (Å²) in [6.07, 6.45) is 3.26. The van der Waals surface area contributed by atoms with E-state index in [1.165, 1.54) is 23.5 Å². The number of nitrogen functional groups attached to an aromatic ring is 2. The van der Waals surface area contributed by atoms with Crippen LogP contribution in [-0.2, 0) is 0 Å². The van der Waals surface area contributed by atoms with Gasteiger partial charge in [-0.25, -0.2) is 9.97 Å². The smallest absolute Gasteiger partial charge is 0.143 e. The molecule has 0 bridgehead atoms. The standard InChI is InChI=1S/C34H20N10S2/c35-15-23-29(21-9-11-41-27-7-3-1-5-19(21)27)25(17-37)33(43-31(23)39)45-13-14-46-34-26(18-38)30(24(16-36)32(40)44-34)22-10-12-42-28-8-4-2-6-20(22)28/h1-12H,13-14H2,(H2,39,43)(H2,40,44). The molecule has 0 unspecified atom stereocenters. The minimum atomic E-state index is 0.0232. The monoisotopic (exact) mass is 632 g/mol. The lowest BCUT2D eigenvalue weighted by Crippen LogP contribution is -2.05. The number of thioether (sulfide) groups is 2. The molecule has 0 aliphatic carbocycles. The summed E-state index contributed by atoms with van der Waals surface area (Å²) in [4.78, 5) is 17.6. The molecule has 0 radical (unpaired) electrons. The normalized spacial score (nSPS) is 10.6. The molecule has 6 rings (SSSR count). The van der Waals surface area contributed by atoms with Crippen molar-refractivity contribution in [3.63, 3.8) is 0 Å². The van der Waals surface area contributed by atoms with Crippen LogP contribution in [0.1, 0.15) is 22.3 Å². The van der Waals surface area contributed by atoms with Crippen LogP contribution in [0.2, 0.25) is 0 Å². The van der Waals surface area contributed by atoms with Gasteiger partial charge in [0.05, 0.1) is 22.2 Å². The van der Waals surface area contributed by atoms with Crippen LogP contribution in [-0.4, -0.2) is 31.4 Å². The number of nitrogens with two attached hydrogens (primary N) is 2. The molecule has 6 aromatic rings. The van der Waals surface area contributed by atoms with E-state index in [2.05, 4.69) is 44.2 Å². The van der Waals surface area contributed by atoms with Gasteiger partial charge in [-0.05, 0) is 35.4 Å². The van der Waals surface area contributed by atoms with E-state index < -0.39 is 0 Å². The van der Waals surface area contributed by atoms with Crippen LogP contribution in [0.3, 0.4) is 0 Å². The lowest BCUT2D eigenvalue weighted by molar-refractivity contribution is 1.11. The van der Waals surface area contributed by atoms with Gasteiger partial charge < -0.3 is 11.5 Å². The van der Waals surface area contributed by atoms with Crippen molar-refractivity contribution in [1.82, 2.24) is 19.9 Å². The van der Waals surface area contributed by atoms with Crippen LogP contribution in [0.4, 0.5) is 11.6 Å². The van der Waals surface area contributed by atoms with E-state index in [4.69, 9.17) is 11.5 Å². The second-order valence-corrected chi connectivity index (χ2v) is 11.9. The predicted molar refractivity (Wildman–Crippen MR) is 179 cm³/mol. The Balaban J connectivity index is 1.34. The molecule has 2 aromatic carbocycles. The maximum absolute atomic E-state index is 10.3. The summed E-state index contributed by atoms with van der Waals surface area (Å²) in [5.74, 6) is 0.952. The SMILES string of the molecule is N#Cc1c(N)nc(SCCSc2nc(N)c(C#N)c(-c3ccnc4ccccc34)c2C#N)c(C#N)c1-c1ccnc2ccccc12. The van der Waals surface area contributed by atoms with Crippen LogP contribution in [0.25, 0.3) is 44.1 Å². The third-order valence-electron chi connectivity index (χ3n) is 7.23. The minimum Gasteiger partial charge on any atom is -0.383 e. The molecule has 4 heterocycles. The van der Waals surface area contributed by atoms with Crippen LogP contribution in [0.5, 0.6) is 0 Å². The van der Waals surface area contributed by atoms with E-state index in [9.17, 15) is 21.0 Å². The summed E-state index contributed by atoms with van der Waals surface area (Å²) in [5.41, 5.74) is 16.8. The fourth-order valence-corrected chi connectivity index (χ4v) is 7.21. The van der Waals surface area contributed by atoms with Gasteiger partial charge in [0, 0.05) is 45.8 Å². The number of nitriles is 4. The Morgan fingerprint density at radius 3 is 1.33 bits per heavy atom. The van der Waals surface area contributed by atoms with E-state index in [0.29, 0.717) is 43.8 Å². The van der Waals surface area contributed by atoms with Gasteiger partial charge in [0.15, 0.2) is 0 Å². The number of hydrogen-bond donors (Lipinski definition) is 2. The van der Waals surface area contributed by atoms with Crippen LogP contribution in [0.15, 0.2) is 83.1 Å². The number of aromatic nitrogens is 4. The lowest BCUT2D eigenvalue weighted by atomic mass is 9.94. The Morgan fingerprint density at radius 2 is 0.935 bits per heavy atom. The third kappa shape index (κ3) is 5.25. The van der Waals surface area contributed by atoms with Crippen LogP contribution < -0.4 is 11.5 Å². The van der Waals surface area contributed by atoms with Crippen LogP contribution in [0, 0.1) is 45.3 Å². The fourth-order valence-electron chi connectivity index (χ4n) is 5.25. The molecule has 46 heavy (non-hydrogen) atoms. The zero-order chi connectivity index (χ0) is 32.2. The number of fused-ring (bicyclic) bond motifs is 2. The molecule has 0 spiro atoms. The molecule has 0 amide bonds. The van der Waals surface area contributed by atoms with Crippen molar-refractivity contribution in [2.75, 3.05) is 23.0 Å². The van der Waals surface area contributed by atoms with Crippen LogP contribution >= 0.6 is 23.5 Å². The van der Waals surface area contributed by atoms with Gasteiger partial charge in [0.1, 0.15) is 57.1 Å². The molecule has 0 aliphatic heterocycles. The van der Waals surface area contributed by atoms with E-state index in [1.54, 1.807) is 24.5 Å². The largest absolute Gasteiger partial charge is 0.383 e. The second kappa shape index (κ2) is 12.8. The topological polar surface area (TPSA) is 199 Å². The summed E-state index contributed by atoms with van der Waals surface area (Å²) < 4.78 is 0. The molecule has 12 heteroatoms. The van der Waals surface area contributed by atoms with Gasteiger partial charge in [-0.3, -0.25) is 9.97 Å². The molecule has 4 N–H and O–H groups in total. The molecule has 4 aromatic heterocycles. The van der Waals surface area contributed by atoms with Crippen molar-refractivity contribution in [2.45, 2.75) is 10.1 Å². The van der Waals surface area contributed by atoms with Crippen molar-refractivity contribution >= 4 is 57.0 Å². The highest BCUT2D eigenvalue weighted by molar-refractivity contribution is 8.03. The zero-order valence-corrected chi connectivity index (χ0v) is 25.5. The Labute approximate surface area is 272 Å². The zero-order valence-electron chi connectivity index (χ0n) is 23.9. The van der Waals surface area contributed by atoms with Gasteiger partial charge in [0.25, 0.3) is 0 Å². The fraction of sp³-hybridized carbons (Fsp3) is 0.0588. The number of pyridine rings is 4. The van der Waals surface area contributed by atoms with Crippen molar-refractivity contribution in [3.8, 4) is 46.5 Å². The molecule has 0 saturated heterocycles. The molecule has 0 aliphatic rings. The van der Waals surface area contributed by atoms with Crippen molar-refractivity contribution in [3.05, 3.63) is 95.3 Å². The number of rotatable bonds is 7. The average molecular weight is 633 g/mol. The highest BCUT2D eigenvalue weighted by Gasteiger charge is 2.24. The molecular weight excluding hydrogens is 613 g/mol. The number of nitrogens with zero attached hydrogens (tertiary/aromatic N) is 8. The Morgan fingerprint density at radius 1 is 0.543 bits per heavy atom. The average Bonchev–Trinajstić information content (AvgIpc) is 3.09. The first kappa shape index (κ1) is 29.9. The van der Waals surface area contributed by atoms with E-state index in [-0.39, 0.29) is 33.9 Å². The maximum atomic E-state index is 10.3. The van der Waals surface area contributed by atoms with Gasteiger partial charge in [0.2, 0.25) is 0 Å². The lowest BCUT2D eigenvalue weighted by Gasteiger charge is -2.15. The first-order valence-corrected chi connectivity index (χ1v) is 15.7. The summed E-state index contributed by atoms with van der Waals surface area (Å²) in [6, 6.07) is 27.2. The first-order valence-electron chi connectivity index (χ1n) is 13.7. The second-order valence-electron chi connectivity index (χ2n) is 9.75. The Bertz CT molecular complexity index is 2180. The van der Waals surface area contributed by atoms with Crippen molar-refractivity contribution in [2.24, 2.45) is 0 Å². The third-order valence-corrected chi connectivity index (χ3v) is 9.44. The van der Waals surface area contributed by atoms with E-state index >= 15 is 0 Å². The van der Waals surface area contributed by atoms with Crippen molar-refractivity contribution < 1.29 is 0 Å². The Kier molecular flexibility index (Phi) is 8.32. The van der Waals surface area contributed by atoms with E-state index in [1.807, 2.05) is 48.5 Å². The molecule has 218 valence electrons. The van der Waals surface area contributed by atoms with Gasteiger partial charge >= 0.3 is 0 Å². The minimum absolute atomic E-state index is 0.0232. The molecule has 10 nitrogen and oxygen atoms in total. The van der Waals surface area contributed by atoms with Gasteiger partial charge in [-0.15, -0.1) is 23.5 Å². The Hall–Kier alpha value is -6.18. The van der Waals surface area contributed by atoms with Gasteiger partial charge in [-0.2, -0.15) is 21.0 Å². The highest BCUT2D eigenvalue weighted by atomic mass is 32.2. The summed E-state index contributed by atoms with van der Waals surface area (Å²) >= 11 is 2.61. The van der Waals surface area contributed by atoms with Gasteiger partial charge in [-0.1, -0.05) is 36.4 Å². The highest BCUT2D eigenvalue weighted by Crippen LogP contribution is 2.40. The number of hydrogen-bond acceptors (Lipinski definition) is 12. The predicted octanol–water partition coefficient (Wildman–Crippen LogP) is 6.44. The van der Waals surface area contributed by atoms with E-state index in [0.717, 1.165) is 21.8 Å². The quantitative estimate of drug-likeness (QED) is 0.144. The first-order chi connectivity index (χ1) is 22.5. The molecule has 0 atom stereocenters. The number of benzene rings is 2.